The van der Waals surface area contributed by atoms with Crippen LogP contribution in [0.25, 0.3) is 0 Å². The van der Waals surface area contributed by atoms with Crippen LogP contribution in [-0.4, -0.2) is 33.0 Å². The van der Waals surface area contributed by atoms with Crippen molar-refractivity contribution in [1.29, 1.82) is 0 Å². The van der Waals surface area contributed by atoms with E-state index < -0.39 is 10.0 Å². The molecule has 0 spiro atoms. The molecule has 1 atom stereocenters. The lowest BCUT2D eigenvalue weighted by Gasteiger charge is -2.32. The summed E-state index contributed by atoms with van der Waals surface area (Å²) in [5.74, 6) is 0.0557. The number of hydrogen-bond acceptors (Lipinski definition) is 3. The van der Waals surface area contributed by atoms with Crippen LogP contribution in [0.4, 0.5) is 4.39 Å². The van der Waals surface area contributed by atoms with Crippen LogP contribution in [0, 0.1) is 18.7 Å². The molecule has 1 aliphatic heterocycles. The van der Waals surface area contributed by atoms with Crippen molar-refractivity contribution in [1.82, 2.24) is 9.62 Å². The monoisotopic (exact) mass is 376 g/mol. The minimum atomic E-state index is -3.47. The number of sulfonamides is 1. The number of benzene rings is 2. The van der Waals surface area contributed by atoms with Gasteiger partial charge in [-0.3, -0.25) is 4.90 Å². The molecule has 0 aliphatic carbocycles. The lowest BCUT2D eigenvalue weighted by atomic mass is 9.98. The maximum atomic E-state index is 13.0. The van der Waals surface area contributed by atoms with Crippen molar-refractivity contribution in [3.05, 3.63) is 65.5 Å². The van der Waals surface area contributed by atoms with E-state index in [1.165, 1.54) is 12.1 Å². The topological polar surface area (TPSA) is 49.4 Å². The first-order chi connectivity index (χ1) is 12.4. The highest BCUT2D eigenvalue weighted by Crippen LogP contribution is 2.19. The van der Waals surface area contributed by atoms with Gasteiger partial charge in [-0.1, -0.05) is 29.8 Å². The Morgan fingerprint density at radius 2 is 1.81 bits per heavy atom. The molecule has 1 unspecified atom stereocenters. The number of rotatable bonds is 6. The summed E-state index contributed by atoms with van der Waals surface area (Å²) in [6, 6.07) is 13.5. The first-order valence-corrected chi connectivity index (χ1v) is 10.4. The predicted octanol–water partition coefficient (Wildman–Crippen LogP) is 3.32. The SMILES string of the molecule is Cc1ccc(S(=O)(=O)NCC2CCCN(Cc3ccc(F)cc3)C2)cc1. The van der Waals surface area contributed by atoms with Gasteiger partial charge in [-0.05, 0) is 62.1 Å². The highest BCUT2D eigenvalue weighted by molar-refractivity contribution is 7.89. The summed E-state index contributed by atoms with van der Waals surface area (Å²) in [7, 11) is -3.47. The number of aryl methyl sites for hydroxylation is 1. The molecule has 1 heterocycles. The third-order valence-electron chi connectivity index (χ3n) is 4.82. The predicted molar refractivity (Wildman–Crippen MR) is 101 cm³/mol. The normalized spacial score (nSPS) is 18.8. The first kappa shape index (κ1) is 19.0. The quantitative estimate of drug-likeness (QED) is 0.841. The lowest BCUT2D eigenvalue weighted by molar-refractivity contribution is 0.169. The molecule has 2 aromatic rings. The maximum absolute atomic E-state index is 13.0. The van der Waals surface area contributed by atoms with Crippen LogP contribution in [-0.2, 0) is 16.6 Å². The Hall–Kier alpha value is -1.76. The number of piperidine rings is 1. The van der Waals surface area contributed by atoms with E-state index in [0.29, 0.717) is 11.4 Å². The Balaban J connectivity index is 1.54. The van der Waals surface area contributed by atoms with Gasteiger partial charge in [-0.2, -0.15) is 0 Å². The third-order valence-corrected chi connectivity index (χ3v) is 6.26. The summed E-state index contributed by atoms with van der Waals surface area (Å²) in [5, 5.41) is 0. The second-order valence-corrected chi connectivity index (χ2v) is 8.80. The van der Waals surface area contributed by atoms with Crippen molar-refractivity contribution in [2.45, 2.75) is 31.2 Å². The van der Waals surface area contributed by atoms with Gasteiger partial charge < -0.3 is 0 Å². The smallest absolute Gasteiger partial charge is 0.240 e. The Labute approximate surface area is 155 Å². The molecule has 26 heavy (non-hydrogen) atoms. The van der Waals surface area contributed by atoms with E-state index in [-0.39, 0.29) is 11.7 Å². The van der Waals surface area contributed by atoms with Gasteiger partial charge in [0.1, 0.15) is 5.82 Å². The van der Waals surface area contributed by atoms with Crippen LogP contribution >= 0.6 is 0 Å². The van der Waals surface area contributed by atoms with Gasteiger partial charge in [0.2, 0.25) is 10.0 Å². The van der Waals surface area contributed by atoms with Crippen molar-refractivity contribution in [3.8, 4) is 0 Å². The molecular weight excluding hydrogens is 351 g/mol. The first-order valence-electron chi connectivity index (χ1n) is 8.95. The Bertz CT molecular complexity index is 820. The van der Waals surface area contributed by atoms with Gasteiger partial charge in [0.25, 0.3) is 0 Å². The average Bonchev–Trinajstić information content (AvgIpc) is 2.63. The number of nitrogens with one attached hydrogen (secondary N) is 1. The van der Waals surface area contributed by atoms with E-state index in [0.717, 1.165) is 43.6 Å². The summed E-state index contributed by atoms with van der Waals surface area (Å²) in [4.78, 5) is 2.61. The fraction of sp³-hybridized carbons (Fsp3) is 0.400. The zero-order chi connectivity index (χ0) is 18.6. The third kappa shape index (κ3) is 5.13. The van der Waals surface area contributed by atoms with Gasteiger partial charge in [-0.25, -0.2) is 17.5 Å². The van der Waals surface area contributed by atoms with Crippen molar-refractivity contribution >= 4 is 10.0 Å². The molecule has 3 rings (SSSR count). The summed E-state index contributed by atoms with van der Waals surface area (Å²) in [5.41, 5.74) is 2.11. The lowest BCUT2D eigenvalue weighted by Crippen LogP contribution is -2.40. The van der Waals surface area contributed by atoms with Crippen LogP contribution in [0.2, 0.25) is 0 Å². The molecule has 0 saturated carbocycles. The van der Waals surface area contributed by atoms with Gasteiger partial charge in [0, 0.05) is 19.6 Å². The Morgan fingerprint density at radius 3 is 2.50 bits per heavy atom. The van der Waals surface area contributed by atoms with Crippen LogP contribution in [0.3, 0.4) is 0 Å². The Morgan fingerprint density at radius 1 is 1.12 bits per heavy atom. The van der Waals surface area contributed by atoms with Crippen LogP contribution < -0.4 is 4.72 Å². The molecule has 1 N–H and O–H groups in total. The minimum absolute atomic E-state index is 0.226. The van der Waals surface area contributed by atoms with Crippen molar-refractivity contribution < 1.29 is 12.8 Å². The second-order valence-electron chi connectivity index (χ2n) is 7.03. The molecule has 0 bridgehead atoms. The number of hydrogen-bond donors (Lipinski definition) is 1. The Kier molecular flexibility index (Phi) is 6.06. The zero-order valence-corrected chi connectivity index (χ0v) is 15.8. The van der Waals surface area contributed by atoms with Gasteiger partial charge in [0.15, 0.2) is 0 Å². The van der Waals surface area contributed by atoms with E-state index >= 15 is 0 Å². The molecular formula is C20H25FN2O2S. The number of halogens is 1. The second kappa shape index (κ2) is 8.29. The van der Waals surface area contributed by atoms with Gasteiger partial charge >= 0.3 is 0 Å². The molecule has 0 amide bonds. The highest BCUT2D eigenvalue weighted by Gasteiger charge is 2.22. The van der Waals surface area contributed by atoms with Crippen molar-refractivity contribution in [2.24, 2.45) is 5.92 Å². The maximum Gasteiger partial charge on any atom is 0.240 e. The van der Waals surface area contributed by atoms with Crippen molar-refractivity contribution in [2.75, 3.05) is 19.6 Å². The molecule has 1 saturated heterocycles. The zero-order valence-electron chi connectivity index (χ0n) is 15.0. The number of likely N-dealkylation sites (tertiary alicyclic amines) is 1. The van der Waals surface area contributed by atoms with E-state index in [4.69, 9.17) is 0 Å². The molecule has 4 nitrogen and oxygen atoms in total. The molecule has 0 aromatic heterocycles. The van der Waals surface area contributed by atoms with Crippen molar-refractivity contribution in [3.63, 3.8) is 0 Å². The van der Waals surface area contributed by atoms with Gasteiger partial charge in [-0.15, -0.1) is 0 Å². The van der Waals surface area contributed by atoms with Crippen LogP contribution in [0.1, 0.15) is 24.0 Å². The van der Waals surface area contributed by atoms with E-state index in [1.54, 1.807) is 36.4 Å². The molecule has 2 aromatic carbocycles. The van der Waals surface area contributed by atoms with E-state index in [2.05, 4.69) is 9.62 Å². The fourth-order valence-electron chi connectivity index (χ4n) is 3.34. The molecule has 0 radical (unpaired) electrons. The molecule has 6 heteroatoms. The number of nitrogens with zero attached hydrogens (tertiary/aromatic N) is 1. The molecule has 1 fully saturated rings. The standard InChI is InChI=1S/C20H25FN2O2S/c1-16-4-10-20(11-5-16)26(24,25)22-13-18-3-2-12-23(15-18)14-17-6-8-19(21)9-7-17/h4-11,18,22H,2-3,12-15H2,1H3. The van der Waals surface area contributed by atoms with Gasteiger partial charge in [0.05, 0.1) is 4.90 Å². The summed E-state index contributed by atoms with van der Waals surface area (Å²) in [6.45, 7) is 4.96. The average molecular weight is 376 g/mol. The van der Waals surface area contributed by atoms with Crippen LogP contribution in [0.5, 0.6) is 0 Å². The fourth-order valence-corrected chi connectivity index (χ4v) is 4.45. The minimum Gasteiger partial charge on any atom is -0.299 e. The van der Waals surface area contributed by atoms with Crippen LogP contribution in [0.15, 0.2) is 53.4 Å². The largest absolute Gasteiger partial charge is 0.299 e. The molecule has 140 valence electrons. The summed E-state index contributed by atoms with van der Waals surface area (Å²) >= 11 is 0. The van der Waals surface area contributed by atoms with E-state index in [9.17, 15) is 12.8 Å². The summed E-state index contributed by atoms with van der Waals surface area (Å²) in [6.07, 6.45) is 2.05. The van der Waals surface area contributed by atoms with E-state index in [1.807, 2.05) is 6.92 Å². The summed E-state index contributed by atoms with van der Waals surface area (Å²) < 4.78 is 40.6. The molecule has 1 aliphatic rings. The highest BCUT2D eigenvalue weighted by atomic mass is 32.2.